The summed E-state index contributed by atoms with van der Waals surface area (Å²) in [5, 5.41) is 3.26. The topological polar surface area (TPSA) is 83.4 Å². The monoisotopic (exact) mass is 362 g/mol. The zero-order valence-electron chi connectivity index (χ0n) is 14.5. The Labute approximate surface area is 147 Å². The molecule has 7 nitrogen and oxygen atoms in total. The number of nitrogens with one attached hydrogen (secondary N) is 2. The maximum absolute atomic E-state index is 12.5. The van der Waals surface area contributed by atoms with Crippen LogP contribution in [0.4, 0.5) is 0 Å². The molecule has 0 saturated heterocycles. The minimum absolute atomic E-state index is 0.0861. The van der Waals surface area contributed by atoms with Crippen molar-refractivity contribution in [1.82, 2.24) is 19.5 Å². The maximum Gasteiger partial charge on any atom is 0.269 e. The number of carbonyl (C=O) groups excluding carboxylic acids is 1. The molecule has 0 atom stereocenters. The van der Waals surface area contributed by atoms with Crippen LogP contribution in [0, 0.1) is 0 Å². The van der Waals surface area contributed by atoms with E-state index in [1.165, 1.54) is 32.9 Å². The van der Waals surface area contributed by atoms with Crippen LogP contribution in [0.5, 0.6) is 0 Å². The van der Waals surface area contributed by atoms with Crippen molar-refractivity contribution in [3.63, 3.8) is 0 Å². The lowest BCUT2D eigenvalue weighted by atomic mass is 10.1. The van der Waals surface area contributed by atoms with Crippen LogP contribution in [-0.2, 0) is 36.7 Å². The first-order valence-electron chi connectivity index (χ1n) is 7.97. The molecule has 0 aliphatic carbocycles. The molecular formula is C17H22N4O3S. The first-order valence-corrected chi connectivity index (χ1v) is 9.45. The number of fused-ring (bicyclic) bond motifs is 1. The summed E-state index contributed by atoms with van der Waals surface area (Å²) in [5.74, 6) is -0.241. The largest absolute Gasteiger partial charge is 0.345 e. The summed E-state index contributed by atoms with van der Waals surface area (Å²) in [6.07, 6.45) is 1.45. The number of hydrogen-bond donors (Lipinski definition) is 2. The van der Waals surface area contributed by atoms with Crippen molar-refractivity contribution < 1.29 is 13.2 Å². The lowest BCUT2D eigenvalue weighted by Gasteiger charge is -2.09. The molecule has 1 aromatic heterocycles. The normalized spacial score (nSPS) is 13.7. The van der Waals surface area contributed by atoms with Crippen LogP contribution in [-0.4, -0.2) is 37.9 Å². The van der Waals surface area contributed by atoms with Gasteiger partial charge in [0.1, 0.15) is 10.6 Å². The van der Waals surface area contributed by atoms with Crippen LogP contribution < -0.4 is 10.0 Å². The number of benzene rings is 1. The SMILES string of the molecule is CN(C)C(=O)c1cc(S(=O)(=O)NCc2ccc3c(c2)CNC3)cn1C. The Morgan fingerprint density at radius 1 is 1.24 bits per heavy atom. The van der Waals surface area contributed by atoms with Gasteiger partial charge in [-0.1, -0.05) is 18.2 Å². The van der Waals surface area contributed by atoms with Gasteiger partial charge >= 0.3 is 0 Å². The fraction of sp³-hybridized carbons (Fsp3) is 0.353. The predicted molar refractivity (Wildman–Crippen MR) is 94.4 cm³/mol. The van der Waals surface area contributed by atoms with Gasteiger partial charge in [-0.3, -0.25) is 4.79 Å². The molecule has 0 unspecified atom stereocenters. The molecule has 0 bridgehead atoms. The lowest BCUT2D eigenvalue weighted by molar-refractivity contribution is 0.0818. The van der Waals surface area contributed by atoms with E-state index in [1.54, 1.807) is 21.1 Å². The van der Waals surface area contributed by atoms with Crippen molar-refractivity contribution >= 4 is 15.9 Å². The molecule has 2 N–H and O–H groups in total. The van der Waals surface area contributed by atoms with E-state index in [1.807, 2.05) is 18.2 Å². The minimum atomic E-state index is -3.69. The van der Waals surface area contributed by atoms with E-state index < -0.39 is 10.0 Å². The van der Waals surface area contributed by atoms with Gasteiger partial charge < -0.3 is 14.8 Å². The van der Waals surface area contributed by atoms with Gasteiger partial charge in [0.25, 0.3) is 5.91 Å². The van der Waals surface area contributed by atoms with Crippen molar-refractivity contribution in [3.8, 4) is 0 Å². The molecule has 134 valence electrons. The van der Waals surface area contributed by atoms with Gasteiger partial charge in [-0.2, -0.15) is 0 Å². The molecule has 0 radical (unpaired) electrons. The Morgan fingerprint density at radius 2 is 1.96 bits per heavy atom. The number of sulfonamides is 1. The van der Waals surface area contributed by atoms with Gasteiger partial charge in [0.05, 0.1) is 0 Å². The van der Waals surface area contributed by atoms with Gasteiger partial charge in [0.15, 0.2) is 0 Å². The summed E-state index contributed by atoms with van der Waals surface area (Å²) < 4.78 is 29.2. The quantitative estimate of drug-likeness (QED) is 0.824. The molecule has 0 fully saturated rings. The Bertz CT molecular complexity index is 916. The maximum atomic E-state index is 12.5. The second kappa shape index (κ2) is 6.62. The number of hydrogen-bond acceptors (Lipinski definition) is 4. The molecule has 25 heavy (non-hydrogen) atoms. The number of rotatable bonds is 5. The van der Waals surface area contributed by atoms with Crippen LogP contribution in [0.1, 0.15) is 27.2 Å². The zero-order valence-corrected chi connectivity index (χ0v) is 15.4. The van der Waals surface area contributed by atoms with Crippen molar-refractivity contribution in [1.29, 1.82) is 0 Å². The molecule has 1 aliphatic heterocycles. The van der Waals surface area contributed by atoms with Gasteiger partial charge in [0, 0.05) is 47.0 Å². The number of aromatic nitrogens is 1. The molecule has 2 aromatic rings. The molecule has 0 spiro atoms. The summed E-state index contributed by atoms with van der Waals surface area (Å²) in [7, 11) is 1.22. The second-order valence-corrected chi connectivity index (χ2v) is 8.17. The Hall–Kier alpha value is -2.16. The van der Waals surface area contributed by atoms with E-state index in [9.17, 15) is 13.2 Å². The highest BCUT2D eigenvalue weighted by Crippen LogP contribution is 2.18. The van der Waals surface area contributed by atoms with E-state index in [2.05, 4.69) is 10.0 Å². The van der Waals surface area contributed by atoms with E-state index in [-0.39, 0.29) is 17.3 Å². The molecule has 2 heterocycles. The third-order valence-corrected chi connectivity index (χ3v) is 5.65. The van der Waals surface area contributed by atoms with Crippen LogP contribution in [0.25, 0.3) is 0 Å². The fourth-order valence-corrected chi connectivity index (χ4v) is 3.93. The number of aryl methyl sites for hydroxylation is 1. The molecule has 1 aliphatic rings. The highest BCUT2D eigenvalue weighted by atomic mass is 32.2. The van der Waals surface area contributed by atoms with E-state index >= 15 is 0 Å². The van der Waals surface area contributed by atoms with Crippen molar-refractivity contribution in [3.05, 3.63) is 52.8 Å². The van der Waals surface area contributed by atoms with E-state index in [0.717, 1.165) is 18.7 Å². The molecule has 8 heteroatoms. The average molecular weight is 362 g/mol. The zero-order chi connectivity index (χ0) is 18.2. The lowest BCUT2D eigenvalue weighted by Crippen LogP contribution is -2.24. The predicted octanol–water partition coefficient (Wildman–Crippen LogP) is 0.809. The Kier molecular flexibility index (Phi) is 4.68. The number of carbonyl (C=O) groups is 1. The Balaban J connectivity index is 1.76. The van der Waals surface area contributed by atoms with Gasteiger partial charge in [-0.05, 0) is 22.8 Å². The summed E-state index contributed by atoms with van der Waals surface area (Å²) in [6.45, 7) is 1.88. The van der Waals surface area contributed by atoms with Crippen LogP contribution in [0.15, 0.2) is 35.4 Å². The van der Waals surface area contributed by atoms with Crippen LogP contribution in [0.3, 0.4) is 0 Å². The smallest absolute Gasteiger partial charge is 0.269 e. The molecule has 3 rings (SSSR count). The van der Waals surface area contributed by atoms with Gasteiger partial charge in [0.2, 0.25) is 10.0 Å². The number of amides is 1. The highest BCUT2D eigenvalue weighted by molar-refractivity contribution is 7.89. The standard InChI is InChI=1S/C17H22N4O3S/c1-20(2)17(22)16-7-15(11-21(16)3)25(23,24)19-8-12-4-5-13-9-18-10-14(13)6-12/h4-7,11,18-19H,8-10H2,1-3H3. The fourth-order valence-electron chi connectivity index (χ4n) is 2.84. The van der Waals surface area contributed by atoms with Crippen LogP contribution >= 0.6 is 0 Å². The molecular weight excluding hydrogens is 340 g/mol. The highest BCUT2D eigenvalue weighted by Gasteiger charge is 2.21. The summed E-state index contributed by atoms with van der Waals surface area (Å²) in [6, 6.07) is 7.37. The second-order valence-electron chi connectivity index (χ2n) is 6.40. The van der Waals surface area contributed by atoms with E-state index in [0.29, 0.717) is 5.69 Å². The van der Waals surface area contributed by atoms with Crippen molar-refractivity contribution in [2.75, 3.05) is 14.1 Å². The molecule has 1 amide bonds. The summed E-state index contributed by atoms with van der Waals surface area (Å²) in [4.78, 5) is 13.6. The average Bonchev–Trinajstić information content (AvgIpc) is 3.18. The molecule has 1 aromatic carbocycles. The van der Waals surface area contributed by atoms with Crippen molar-refractivity contribution in [2.45, 2.75) is 24.5 Å². The first kappa shape index (κ1) is 17.7. The first-order chi connectivity index (χ1) is 11.8. The third-order valence-electron chi connectivity index (χ3n) is 4.28. The van der Waals surface area contributed by atoms with Gasteiger partial charge in [-0.25, -0.2) is 13.1 Å². The Morgan fingerprint density at radius 3 is 2.68 bits per heavy atom. The van der Waals surface area contributed by atoms with Crippen LogP contribution in [0.2, 0.25) is 0 Å². The summed E-state index contributed by atoms with van der Waals surface area (Å²) in [5.41, 5.74) is 3.69. The van der Waals surface area contributed by atoms with E-state index in [4.69, 9.17) is 0 Å². The minimum Gasteiger partial charge on any atom is -0.345 e. The molecule has 0 saturated carbocycles. The summed E-state index contributed by atoms with van der Waals surface area (Å²) >= 11 is 0. The number of nitrogens with zero attached hydrogens (tertiary/aromatic N) is 2. The third kappa shape index (κ3) is 3.60. The van der Waals surface area contributed by atoms with Crippen molar-refractivity contribution in [2.24, 2.45) is 7.05 Å². The van der Waals surface area contributed by atoms with Gasteiger partial charge in [-0.15, -0.1) is 0 Å².